The van der Waals surface area contributed by atoms with Crippen LogP contribution in [0.15, 0.2) is 121 Å². The molecule has 0 aromatic heterocycles. The number of Topliss-reactive ketones (excluding diaryl/α,β-unsaturated/α-hetero) is 2. The number of amidine groups is 1. The van der Waals surface area contributed by atoms with Crippen LogP contribution in [0, 0.1) is 5.41 Å². The monoisotopic (exact) mass is 1120 g/mol. The molecule has 5 aliphatic rings. The molecule has 0 saturated heterocycles. The summed E-state index contributed by atoms with van der Waals surface area (Å²) in [6.07, 6.45) is 3.89. The summed E-state index contributed by atoms with van der Waals surface area (Å²) < 4.78 is 39.4. The molecule has 5 aromatic rings. The third kappa shape index (κ3) is 17.9. The predicted molar refractivity (Wildman–Crippen MR) is 295 cm³/mol. The Bertz CT molecular complexity index is 2520. The van der Waals surface area contributed by atoms with E-state index in [1.54, 1.807) is 18.7 Å². The fourth-order valence-corrected chi connectivity index (χ4v) is 12.5. The second kappa shape index (κ2) is 30.3. The Morgan fingerprint density at radius 3 is 1.35 bits per heavy atom. The van der Waals surface area contributed by atoms with Crippen LogP contribution < -0.4 is 29.4 Å². The normalized spacial score (nSPS) is 19.7. The zero-order valence-electron chi connectivity index (χ0n) is 40.3. The molecule has 10 rings (SSSR count). The number of hydrogen-bond donors (Lipinski definition) is 4. The number of carboxylic acid groups (broad SMARTS) is 1. The van der Waals surface area contributed by atoms with Crippen molar-refractivity contribution in [1.29, 1.82) is 5.41 Å². The highest BCUT2D eigenvalue weighted by Gasteiger charge is 2.27. The molecule has 5 N–H and O–H groups in total. The number of halogens is 1. The van der Waals surface area contributed by atoms with E-state index in [2.05, 4.69) is 6.07 Å². The molecule has 0 bridgehead atoms. The van der Waals surface area contributed by atoms with E-state index >= 15 is 0 Å². The van der Waals surface area contributed by atoms with E-state index in [-0.39, 0.29) is 67.1 Å². The third-order valence-electron chi connectivity index (χ3n) is 11.4. The van der Waals surface area contributed by atoms with Crippen molar-refractivity contribution in [1.82, 2.24) is 0 Å². The maximum absolute atomic E-state index is 12.0. The Morgan fingerprint density at radius 1 is 0.556 bits per heavy atom. The summed E-state index contributed by atoms with van der Waals surface area (Å²) in [5.74, 6) is 4.77. The number of thioether (sulfide) groups is 3. The fraction of sp³-hybridized carbons (Fsp3) is 0.370. The molecule has 18 heteroatoms. The molecule has 6 atom stereocenters. The van der Waals surface area contributed by atoms with Gasteiger partial charge in [-0.05, 0) is 63.4 Å². The molecule has 0 radical (unpaired) electrons. The molecule has 72 heavy (non-hydrogen) atoms. The number of benzene rings is 5. The number of para-hydroxylation sites is 5. The molecule has 0 spiro atoms. The predicted octanol–water partition coefficient (Wildman–Crippen LogP) is 11.2. The van der Waals surface area contributed by atoms with Crippen LogP contribution in [0.5, 0.6) is 28.7 Å². The number of nitrogens with one attached hydrogen (secondary N) is 1. The summed E-state index contributed by atoms with van der Waals surface area (Å²) >= 11 is 4.59. The highest BCUT2D eigenvalue weighted by atomic mass is 79.9. The van der Waals surface area contributed by atoms with Crippen LogP contribution in [0.1, 0.15) is 101 Å². The lowest BCUT2D eigenvalue weighted by Gasteiger charge is -2.25. The topological polar surface area (TPSA) is 205 Å². The third-order valence-corrected chi connectivity index (χ3v) is 17.0. The summed E-state index contributed by atoms with van der Waals surface area (Å²) in [4.78, 5) is 32.4. The number of carbonyl (C=O) groups is 3. The lowest BCUT2D eigenvalue weighted by Crippen LogP contribution is -2.21. The van der Waals surface area contributed by atoms with Crippen LogP contribution in [0.4, 0.5) is 0 Å². The van der Waals surface area contributed by atoms with Crippen molar-refractivity contribution < 1.29 is 52.5 Å². The van der Waals surface area contributed by atoms with Crippen molar-refractivity contribution in [3.63, 3.8) is 0 Å². The highest BCUT2D eigenvalue weighted by molar-refractivity contribution is 8.93. The molecule has 6 unspecified atom stereocenters. The average Bonchev–Trinajstić information content (AvgIpc) is 3.38. The number of nitrogens with two attached hydrogens (primary N) is 1. The van der Waals surface area contributed by atoms with Crippen molar-refractivity contribution in [2.45, 2.75) is 73.1 Å². The average molecular weight is 1120 g/mol. The summed E-state index contributed by atoms with van der Waals surface area (Å²) in [5, 5.41) is 26.5. The van der Waals surface area contributed by atoms with E-state index in [1.165, 1.54) is 36.0 Å². The molecule has 0 fully saturated rings. The molecule has 5 aliphatic heterocycles. The van der Waals surface area contributed by atoms with Gasteiger partial charge in [-0.3, -0.25) is 24.0 Å². The van der Waals surface area contributed by atoms with Gasteiger partial charge in [0.1, 0.15) is 40.3 Å². The van der Waals surface area contributed by atoms with Gasteiger partial charge in [-0.1, -0.05) is 103 Å². The smallest absolute Gasteiger partial charge is 0.313 e. The second-order valence-corrected chi connectivity index (χ2v) is 22.0. The van der Waals surface area contributed by atoms with Crippen LogP contribution in [0.25, 0.3) is 0 Å². The van der Waals surface area contributed by atoms with Crippen LogP contribution in [0.2, 0.25) is 0 Å². The van der Waals surface area contributed by atoms with Gasteiger partial charge in [0.2, 0.25) is 0 Å². The number of aliphatic hydroxyl groups excluding tert-OH is 1. The molecule has 13 nitrogen and oxygen atoms in total. The second-order valence-electron chi connectivity index (χ2n) is 16.8. The Labute approximate surface area is 447 Å². The van der Waals surface area contributed by atoms with Crippen LogP contribution >= 0.6 is 52.3 Å². The maximum Gasteiger partial charge on any atom is 0.313 e. The molecule has 0 saturated carbocycles. The minimum atomic E-state index is -1.13. The van der Waals surface area contributed by atoms with Gasteiger partial charge in [-0.15, -0.1) is 40.5 Å². The lowest BCUT2D eigenvalue weighted by molar-refractivity contribution is -0.134. The molecular formula is C54H63BrN2O11S4. The standard InChI is InChI=1S/C12H14O3S.C12H14O2S.C11H12O3S.C10H12N2OS.C9H10O2.BrH/c1-9(13)8-16(14)12-6-7-15-11-5-3-2-4-10(11)12;1-9(13)8-15-12-6-7-14-11-5-3-2-4-10(11)12;12-11(13)7-15-10-5-6-14-9-4-2-1-3-8(9)10;11-10(12)14-9-5-6-13-8-4-2-1-3-7(8)9;10-8-5-6-11-9-4-2-1-3-7(8)9;/h2-5,12H,6-8H2,1H3;2-5,12H,6-8H2,1H3;1-4,10H,5-7H2,(H,12,13);1-4,9H,5-6H2,(H3,11,12);1-4,8,10H,5-6H2;1H. The number of aliphatic carboxylic acids is 1. The van der Waals surface area contributed by atoms with Crippen molar-refractivity contribution >= 4 is 85.8 Å². The molecule has 0 amide bonds. The maximum atomic E-state index is 12.0. The van der Waals surface area contributed by atoms with Gasteiger partial charge < -0.3 is 39.6 Å². The molecule has 386 valence electrons. The van der Waals surface area contributed by atoms with Crippen molar-refractivity contribution in [2.24, 2.45) is 5.73 Å². The van der Waals surface area contributed by atoms with Crippen molar-refractivity contribution in [3.05, 3.63) is 149 Å². The van der Waals surface area contributed by atoms with Crippen molar-refractivity contribution in [3.8, 4) is 28.7 Å². The van der Waals surface area contributed by atoms with E-state index in [1.807, 2.05) is 115 Å². The number of carbonyl (C=O) groups excluding carboxylic acids is 2. The Kier molecular flexibility index (Phi) is 24.4. The van der Waals surface area contributed by atoms with Crippen molar-refractivity contribution in [2.75, 3.05) is 50.3 Å². The Hall–Kier alpha value is -4.98. The van der Waals surface area contributed by atoms with Gasteiger partial charge in [0, 0.05) is 67.2 Å². The SMILES string of the molecule is Br.CC(=O)CS(=O)C1CCOc2ccccc21.CC(=O)CSC1CCOc2ccccc21.N=C(N)SC1CCOc2ccccc21.O=C(O)CSC1CCOc2ccccc21.OC1CCOc2ccccc21. The van der Waals surface area contributed by atoms with Gasteiger partial charge in [-0.25, -0.2) is 0 Å². The zero-order valence-corrected chi connectivity index (χ0v) is 45.3. The van der Waals surface area contributed by atoms with Crippen LogP contribution in [-0.2, 0) is 25.2 Å². The minimum Gasteiger partial charge on any atom is -0.493 e. The first-order chi connectivity index (χ1) is 34.4. The van der Waals surface area contributed by atoms with Gasteiger partial charge in [0.05, 0.1) is 61.6 Å². The van der Waals surface area contributed by atoms with E-state index in [9.17, 15) is 23.7 Å². The first kappa shape index (κ1) is 57.9. The summed E-state index contributed by atoms with van der Waals surface area (Å²) in [5.41, 5.74) is 10.8. The molecular weight excluding hydrogens is 1060 g/mol. The number of ketones is 2. The number of fused-ring (bicyclic) bond motifs is 5. The van der Waals surface area contributed by atoms with Gasteiger partial charge in [-0.2, -0.15) is 0 Å². The number of carboxylic acids is 1. The molecule has 0 aliphatic carbocycles. The summed E-state index contributed by atoms with van der Waals surface area (Å²) in [7, 11) is -1.13. The Morgan fingerprint density at radius 2 is 0.917 bits per heavy atom. The largest absolute Gasteiger partial charge is 0.493 e. The van der Waals surface area contributed by atoms with E-state index in [0.717, 1.165) is 83.3 Å². The van der Waals surface area contributed by atoms with E-state index in [0.29, 0.717) is 43.9 Å². The minimum absolute atomic E-state index is 0. The molecule has 5 heterocycles. The number of aliphatic hydroxyl groups is 1. The lowest BCUT2D eigenvalue weighted by atomic mass is 10.0. The molecule has 5 aromatic carbocycles. The van der Waals surface area contributed by atoms with Crippen LogP contribution in [0.3, 0.4) is 0 Å². The van der Waals surface area contributed by atoms with Gasteiger partial charge in [0.25, 0.3) is 0 Å². The van der Waals surface area contributed by atoms with E-state index in [4.69, 9.17) is 39.9 Å². The summed E-state index contributed by atoms with van der Waals surface area (Å²) in [6, 6.07) is 39.1. The number of ether oxygens (including phenoxy) is 5. The first-order valence-electron chi connectivity index (χ1n) is 23.5. The highest BCUT2D eigenvalue weighted by Crippen LogP contribution is 2.43. The Balaban J connectivity index is 0.000000167. The number of hydrogen-bond acceptors (Lipinski definition) is 14. The van der Waals surface area contributed by atoms with Gasteiger partial charge in [0.15, 0.2) is 5.17 Å². The fourth-order valence-electron chi connectivity index (χ4n) is 8.15. The summed E-state index contributed by atoms with van der Waals surface area (Å²) in [6.45, 7) is 6.45. The zero-order chi connectivity index (χ0) is 50.5. The van der Waals surface area contributed by atoms with Crippen LogP contribution in [-0.4, -0.2) is 87.4 Å². The first-order valence-corrected chi connectivity index (χ1v) is 27.8. The quantitative estimate of drug-likeness (QED) is 0.0758. The van der Waals surface area contributed by atoms with Gasteiger partial charge >= 0.3 is 5.97 Å². The van der Waals surface area contributed by atoms with E-state index < -0.39 is 16.8 Å². The number of rotatable bonds is 10.